The van der Waals surface area contributed by atoms with Crippen LogP contribution in [0.25, 0.3) is 0 Å². The van der Waals surface area contributed by atoms with Gasteiger partial charge in [-0.05, 0) is 46.9 Å². The third-order valence-corrected chi connectivity index (χ3v) is 4.69. The molecule has 2 rings (SSSR count). The number of fused-ring (bicyclic) bond motifs is 1. The first kappa shape index (κ1) is 23.8. The van der Waals surface area contributed by atoms with Crippen LogP contribution in [0.1, 0.15) is 38.8 Å². The molecule has 0 aromatic heterocycles. The Morgan fingerprint density at radius 1 is 1.37 bits per heavy atom. The molecule has 1 aromatic rings. The van der Waals surface area contributed by atoms with Gasteiger partial charge in [0.1, 0.15) is 17.6 Å². The lowest BCUT2D eigenvalue weighted by Gasteiger charge is -2.22. The Labute approximate surface area is 181 Å². The molecule has 0 saturated carbocycles. The van der Waals surface area contributed by atoms with Crippen LogP contribution in [0.2, 0.25) is 0 Å². The zero-order chi connectivity index (χ0) is 19.1. The number of nitrogens with one attached hydrogen (secondary N) is 2. The van der Waals surface area contributed by atoms with Crippen molar-refractivity contribution in [2.75, 3.05) is 33.8 Å². The smallest absolute Gasteiger partial charge is 0.191 e. The van der Waals surface area contributed by atoms with Gasteiger partial charge >= 0.3 is 0 Å². The minimum Gasteiger partial charge on any atom is -0.494 e. The average molecular weight is 490 g/mol. The summed E-state index contributed by atoms with van der Waals surface area (Å²) in [5.74, 6) is 2.69. The van der Waals surface area contributed by atoms with E-state index in [-0.39, 0.29) is 30.1 Å². The van der Waals surface area contributed by atoms with Crippen LogP contribution in [0.15, 0.2) is 17.1 Å². The highest BCUT2D eigenvalue weighted by atomic mass is 127. The first-order valence-corrected chi connectivity index (χ1v) is 9.54. The molecule has 0 radical (unpaired) electrons. The zero-order valence-electron chi connectivity index (χ0n) is 17.5. The normalized spacial score (nSPS) is 16.0. The number of likely N-dealkylation sites (N-methyl/N-ethyl adjacent to an activating group) is 1. The second-order valence-electron chi connectivity index (χ2n) is 7.06. The molecule has 1 aliphatic rings. The van der Waals surface area contributed by atoms with E-state index in [9.17, 15) is 0 Å². The van der Waals surface area contributed by atoms with Gasteiger partial charge in [0, 0.05) is 50.3 Å². The Bertz CT molecular complexity index is 622. The topological polar surface area (TPSA) is 58.1 Å². The van der Waals surface area contributed by atoms with E-state index < -0.39 is 0 Å². The second-order valence-corrected chi connectivity index (χ2v) is 7.06. The zero-order valence-corrected chi connectivity index (χ0v) is 19.8. The Balaban J connectivity index is 0.00000364. The van der Waals surface area contributed by atoms with E-state index in [0.29, 0.717) is 19.2 Å². The Morgan fingerprint density at radius 3 is 2.74 bits per heavy atom. The molecule has 1 unspecified atom stereocenters. The molecule has 0 amide bonds. The van der Waals surface area contributed by atoms with Gasteiger partial charge in [0.05, 0.1) is 6.61 Å². The Hall–Kier alpha value is -1.22. The van der Waals surface area contributed by atoms with Crippen molar-refractivity contribution in [3.8, 4) is 11.5 Å². The predicted octanol–water partition coefficient (Wildman–Crippen LogP) is 3.03. The van der Waals surface area contributed by atoms with Gasteiger partial charge < -0.3 is 25.0 Å². The summed E-state index contributed by atoms with van der Waals surface area (Å²) >= 11 is 0. The van der Waals surface area contributed by atoms with Crippen molar-refractivity contribution in [2.24, 2.45) is 4.99 Å². The number of hydrogen-bond donors (Lipinski definition) is 2. The second kappa shape index (κ2) is 11.6. The van der Waals surface area contributed by atoms with Crippen LogP contribution >= 0.6 is 24.0 Å². The fourth-order valence-electron chi connectivity index (χ4n) is 2.92. The molecule has 154 valence electrons. The number of ether oxygens (including phenoxy) is 2. The summed E-state index contributed by atoms with van der Waals surface area (Å²) in [5, 5.41) is 6.74. The molecule has 0 saturated heterocycles. The number of aliphatic imine (C=N–C) groups is 1. The predicted molar refractivity (Wildman–Crippen MR) is 123 cm³/mol. The third kappa shape index (κ3) is 7.03. The highest BCUT2D eigenvalue weighted by Crippen LogP contribution is 2.35. The first-order chi connectivity index (χ1) is 12.4. The summed E-state index contributed by atoms with van der Waals surface area (Å²) in [6.07, 6.45) is 1.17. The highest BCUT2D eigenvalue weighted by Gasteiger charge is 2.21. The van der Waals surface area contributed by atoms with Crippen LogP contribution in [0, 0.1) is 0 Å². The van der Waals surface area contributed by atoms with Gasteiger partial charge in [0.2, 0.25) is 0 Å². The van der Waals surface area contributed by atoms with E-state index in [2.05, 4.69) is 60.5 Å². The van der Waals surface area contributed by atoms with Gasteiger partial charge in [0.25, 0.3) is 0 Å². The summed E-state index contributed by atoms with van der Waals surface area (Å²) in [5.41, 5.74) is 2.31. The lowest BCUT2D eigenvalue weighted by molar-refractivity contribution is 0.254. The van der Waals surface area contributed by atoms with Gasteiger partial charge in [-0.1, -0.05) is 0 Å². The molecule has 0 aliphatic carbocycles. The minimum absolute atomic E-state index is 0. The molecular formula is C20H35IN4O2. The summed E-state index contributed by atoms with van der Waals surface area (Å²) in [4.78, 5) is 6.61. The molecule has 1 aliphatic heterocycles. The first-order valence-electron chi connectivity index (χ1n) is 9.54. The fourth-order valence-corrected chi connectivity index (χ4v) is 2.92. The van der Waals surface area contributed by atoms with Crippen molar-refractivity contribution >= 4 is 29.9 Å². The molecule has 1 atom stereocenters. The van der Waals surface area contributed by atoms with Crippen molar-refractivity contribution in [2.45, 2.75) is 52.8 Å². The van der Waals surface area contributed by atoms with Crippen molar-refractivity contribution in [3.05, 3.63) is 23.3 Å². The summed E-state index contributed by atoms with van der Waals surface area (Å²) in [6, 6.07) is 4.75. The lowest BCUT2D eigenvalue weighted by atomic mass is 10.1. The number of nitrogens with zero attached hydrogens (tertiary/aromatic N) is 2. The van der Waals surface area contributed by atoms with Gasteiger partial charge in [-0.25, -0.2) is 0 Å². The minimum atomic E-state index is 0. The molecule has 0 fully saturated rings. The van der Waals surface area contributed by atoms with Crippen LogP contribution in [0.5, 0.6) is 11.5 Å². The number of hydrogen-bond acceptors (Lipinski definition) is 4. The average Bonchev–Trinajstić information content (AvgIpc) is 2.96. The van der Waals surface area contributed by atoms with Crippen molar-refractivity contribution in [3.63, 3.8) is 0 Å². The van der Waals surface area contributed by atoms with Crippen LogP contribution < -0.4 is 20.1 Å². The number of guanidine groups is 1. The quantitative estimate of drug-likeness (QED) is 0.334. The molecule has 1 heterocycles. The maximum atomic E-state index is 5.89. The molecule has 1 aromatic carbocycles. The fraction of sp³-hybridized carbons (Fsp3) is 0.650. The standard InChI is InChI=1S/C20H34N4O2.HI/c1-7-25-18-11-16-10-15(4)26-19(16)12-17(18)13-23-20(21-5)22-8-9-24(6)14(2)3;/h11-12,14-15H,7-10,13H2,1-6H3,(H2,21,22,23);1H. The monoisotopic (exact) mass is 490 g/mol. The van der Waals surface area contributed by atoms with E-state index in [4.69, 9.17) is 9.47 Å². The number of rotatable bonds is 8. The number of benzene rings is 1. The Kier molecular flexibility index (Phi) is 10.2. The van der Waals surface area contributed by atoms with Gasteiger partial charge in [-0.2, -0.15) is 0 Å². The van der Waals surface area contributed by atoms with Crippen LogP contribution in [0.3, 0.4) is 0 Å². The maximum absolute atomic E-state index is 5.89. The van der Waals surface area contributed by atoms with Gasteiger partial charge in [-0.3, -0.25) is 4.99 Å². The molecule has 6 nitrogen and oxygen atoms in total. The molecule has 7 heteroatoms. The van der Waals surface area contributed by atoms with Crippen LogP contribution in [-0.2, 0) is 13.0 Å². The maximum Gasteiger partial charge on any atom is 0.191 e. The van der Waals surface area contributed by atoms with Gasteiger partial charge in [0.15, 0.2) is 5.96 Å². The van der Waals surface area contributed by atoms with E-state index in [0.717, 1.165) is 42.5 Å². The highest BCUT2D eigenvalue weighted by molar-refractivity contribution is 14.0. The van der Waals surface area contributed by atoms with E-state index in [1.54, 1.807) is 7.05 Å². The van der Waals surface area contributed by atoms with E-state index in [1.165, 1.54) is 5.56 Å². The van der Waals surface area contributed by atoms with Crippen molar-refractivity contribution in [1.82, 2.24) is 15.5 Å². The van der Waals surface area contributed by atoms with E-state index >= 15 is 0 Å². The van der Waals surface area contributed by atoms with Crippen LogP contribution in [0.4, 0.5) is 0 Å². The van der Waals surface area contributed by atoms with Crippen molar-refractivity contribution < 1.29 is 9.47 Å². The molecule has 2 N–H and O–H groups in total. The third-order valence-electron chi connectivity index (χ3n) is 4.69. The van der Waals surface area contributed by atoms with Gasteiger partial charge in [-0.15, -0.1) is 24.0 Å². The lowest BCUT2D eigenvalue weighted by Crippen LogP contribution is -2.41. The number of halogens is 1. The van der Waals surface area contributed by atoms with Crippen LogP contribution in [-0.4, -0.2) is 56.8 Å². The largest absolute Gasteiger partial charge is 0.494 e. The molecule has 27 heavy (non-hydrogen) atoms. The molecular weight excluding hydrogens is 455 g/mol. The molecule has 0 spiro atoms. The summed E-state index contributed by atoms with van der Waals surface area (Å²) < 4.78 is 11.7. The Morgan fingerprint density at radius 2 is 2.11 bits per heavy atom. The summed E-state index contributed by atoms with van der Waals surface area (Å²) in [6.45, 7) is 11.6. The van der Waals surface area contributed by atoms with E-state index in [1.807, 2.05) is 6.92 Å². The van der Waals surface area contributed by atoms with Crippen molar-refractivity contribution in [1.29, 1.82) is 0 Å². The molecule has 0 bridgehead atoms. The summed E-state index contributed by atoms with van der Waals surface area (Å²) in [7, 11) is 3.92. The SMILES string of the molecule is CCOc1cc2c(cc1CNC(=NC)NCCN(C)C(C)C)OC(C)C2.I.